The quantitative estimate of drug-likeness (QED) is 0.732. The summed E-state index contributed by atoms with van der Waals surface area (Å²) in [6.07, 6.45) is 4.92. The Morgan fingerprint density at radius 2 is 2.11 bits per heavy atom. The third kappa shape index (κ3) is 4.35. The topological polar surface area (TPSA) is 64.5 Å². The summed E-state index contributed by atoms with van der Waals surface area (Å²) in [6.45, 7) is 4.18. The minimum atomic E-state index is 0.181. The maximum absolute atomic E-state index is 9.54. The van der Waals surface area contributed by atoms with Gasteiger partial charge in [-0.15, -0.1) is 0 Å². The molecule has 2 fully saturated rings. The van der Waals surface area contributed by atoms with Crippen LogP contribution in [0.3, 0.4) is 0 Å². The summed E-state index contributed by atoms with van der Waals surface area (Å²) >= 11 is 3.56. The molecule has 4 rings (SSSR count). The van der Waals surface area contributed by atoms with E-state index in [1.165, 1.54) is 12.1 Å². The summed E-state index contributed by atoms with van der Waals surface area (Å²) in [5.74, 6) is 2.37. The molecule has 0 aliphatic carbocycles. The molecule has 0 bridgehead atoms. The van der Waals surface area contributed by atoms with Crippen molar-refractivity contribution in [2.75, 3.05) is 47.9 Å². The molecule has 7 heteroatoms. The molecule has 2 aromatic rings. The van der Waals surface area contributed by atoms with E-state index in [2.05, 4.69) is 65.3 Å². The van der Waals surface area contributed by atoms with Crippen molar-refractivity contribution >= 4 is 33.3 Å². The maximum atomic E-state index is 9.54. The smallest absolute Gasteiger partial charge is 0.134 e. The van der Waals surface area contributed by atoms with Gasteiger partial charge in [0.1, 0.15) is 18.0 Å². The van der Waals surface area contributed by atoms with Crippen LogP contribution in [0.5, 0.6) is 0 Å². The highest BCUT2D eigenvalue weighted by molar-refractivity contribution is 9.10. The van der Waals surface area contributed by atoms with Gasteiger partial charge in [0.2, 0.25) is 0 Å². The number of aliphatic hydroxyl groups excluding tert-OH is 1. The molecule has 3 heterocycles. The van der Waals surface area contributed by atoms with E-state index >= 15 is 0 Å². The lowest BCUT2D eigenvalue weighted by Crippen LogP contribution is -2.32. The number of benzene rings is 1. The van der Waals surface area contributed by atoms with Crippen molar-refractivity contribution in [3.63, 3.8) is 0 Å². The molecule has 0 saturated carbocycles. The zero-order valence-electron chi connectivity index (χ0n) is 15.4. The summed E-state index contributed by atoms with van der Waals surface area (Å²) in [5.41, 5.74) is 1.28. The predicted octanol–water partition coefficient (Wildman–Crippen LogP) is 3.14. The van der Waals surface area contributed by atoms with E-state index in [0.29, 0.717) is 5.92 Å². The fourth-order valence-corrected chi connectivity index (χ4v) is 4.47. The number of halogens is 1. The van der Waals surface area contributed by atoms with Gasteiger partial charge < -0.3 is 20.2 Å². The number of hydrogen-bond acceptors (Lipinski definition) is 6. The van der Waals surface area contributed by atoms with Crippen molar-refractivity contribution in [1.82, 2.24) is 9.97 Å². The summed E-state index contributed by atoms with van der Waals surface area (Å²) in [5, 5.41) is 13.0. The molecule has 2 unspecified atom stereocenters. The standard InChI is InChI=1S/C20H26BrN5O/c21-16-3-1-4-17(9-16)25-8-6-15(12-25)11-22-19-10-20(24-14-23-19)26-7-2-5-18(26)13-27/h1,3-4,9-10,14-15,18,27H,2,5-8,11-13H2,(H,22,23,24). The van der Waals surface area contributed by atoms with Gasteiger partial charge in [-0.3, -0.25) is 0 Å². The zero-order chi connectivity index (χ0) is 18.6. The highest BCUT2D eigenvalue weighted by Crippen LogP contribution is 2.27. The number of nitrogens with one attached hydrogen (secondary N) is 1. The Morgan fingerprint density at radius 1 is 1.19 bits per heavy atom. The van der Waals surface area contributed by atoms with E-state index in [-0.39, 0.29) is 12.6 Å². The van der Waals surface area contributed by atoms with Gasteiger partial charge in [-0.25, -0.2) is 9.97 Å². The van der Waals surface area contributed by atoms with Gasteiger partial charge in [0.25, 0.3) is 0 Å². The van der Waals surface area contributed by atoms with Gasteiger partial charge in [-0.05, 0) is 43.4 Å². The SMILES string of the molecule is OCC1CCCN1c1cc(NCC2CCN(c3cccc(Br)c3)C2)ncn1. The molecule has 27 heavy (non-hydrogen) atoms. The average molecular weight is 432 g/mol. The Labute approximate surface area is 168 Å². The summed E-state index contributed by atoms with van der Waals surface area (Å²) in [6, 6.07) is 10.7. The lowest BCUT2D eigenvalue weighted by Gasteiger charge is -2.24. The maximum Gasteiger partial charge on any atom is 0.134 e. The van der Waals surface area contributed by atoms with Gasteiger partial charge in [0.15, 0.2) is 0 Å². The van der Waals surface area contributed by atoms with Gasteiger partial charge in [0.05, 0.1) is 12.6 Å². The predicted molar refractivity (Wildman–Crippen MR) is 112 cm³/mol. The van der Waals surface area contributed by atoms with Gasteiger partial charge in [-0.1, -0.05) is 22.0 Å². The second-order valence-corrected chi connectivity index (χ2v) is 8.31. The number of rotatable bonds is 6. The van der Waals surface area contributed by atoms with Gasteiger partial charge in [-0.2, -0.15) is 0 Å². The highest BCUT2D eigenvalue weighted by Gasteiger charge is 2.26. The van der Waals surface area contributed by atoms with Gasteiger partial charge >= 0.3 is 0 Å². The first kappa shape index (κ1) is 18.5. The third-order valence-corrected chi connectivity index (χ3v) is 6.06. The van der Waals surface area contributed by atoms with Crippen LogP contribution in [-0.4, -0.2) is 53.9 Å². The van der Waals surface area contributed by atoms with E-state index in [1.54, 1.807) is 6.33 Å². The number of hydrogen-bond donors (Lipinski definition) is 2. The lowest BCUT2D eigenvalue weighted by atomic mass is 10.1. The molecule has 2 N–H and O–H groups in total. The molecular formula is C20H26BrN5O. The van der Waals surface area contributed by atoms with Crippen molar-refractivity contribution in [3.8, 4) is 0 Å². The zero-order valence-corrected chi connectivity index (χ0v) is 17.0. The summed E-state index contributed by atoms with van der Waals surface area (Å²) in [4.78, 5) is 13.4. The van der Waals surface area contributed by atoms with Crippen LogP contribution in [0.25, 0.3) is 0 Å². The molecule has 144 valence electrons. The number of anilines is 3. The van der Waals surface area contributed by atoms with E-state index in [1.807, 2.05) is 6.07 Å². The minimum absolute atomic E-state index is 0.181. The molecular weight excluding hydrogens is 406 g/mol. The van der Waals surface area contributed by atoms with Crippen LogP contribution in [0.15, 0.2) is 41.1 Å². The fourth-order valence-electron chi connectivity index (χ4n) is 4.08. The normalized spacial score (nSPS) is 22.4. The Bertz CT molecular complexity index is 774. The largest absolute Gasteiger partial charge is 0.394 e. The van der Waals surface area contributed by atoms with Crippen molar-refractivity contribution < 1.29 is 5.11 Å². The van der Waals surface area contributed by atoms with Crippen LogP contribution in [0.1, 0.15) is 19.3 Å². The molecule has 1 aromatic carbocycles. The van der Waals surface area contributed by atoms with Crippen molar-refractivity contribution in [3.05, 3.63) is 41.1 Å². The first-order chi connectivity index (χ1) is 13.2. The molecule has 0 radical (unpaired) electrons. The second-order valence-electron chi connectivity index (χ2n) is 7.39. The highest BCUT2D eigenvalue weighted by atomic mass is 79.9. The van der Waals surface area contributed by atoms with Crippen LogP contribution >= 0.6 is 15.9 Å². The number of aliphatic hydroxyl groups is 1. The number of aromatic nitrogens is 2. The Balaban J connectivity index is 1.34. The molecule has 0 spiro atoms. The summed E-state index contributed by atoms with van der Waals surface area (Å²) < 4.78 is 1.12. The molecule has 2 saturated heterocycles. The first-order valence-corrected chi connectivity index (χ1v) is 10.5. The van der Waals surface area contributed by atoms with Crippen molar-refractivity contribution in [2.24, 2.45) is 5.92 Å². The molecule has 2 atom stereocenters. The molecule has 2 aliphatic heterocycles. The average Bonchev–Trinajstić information content (AvgIpc) is 3.36. The summed E-state index contributed by atoms with van der Waals surface area (Å²) in [7, 11) is 0. The molecule has 2 aliphatic rings. The monoisotopic (exact) mass is 431 g/mol. The Hall–Kier alpha value is -1.86. The molecule has 6 nitrogen and oxygen atoms in total. The van der Waals surface area contributed by atoms with Crippen molar-refractivity contribution in [1.29, 1.82) is 0 Å². The van der Waals surface area contributed by atoms with Crippen LogP contribution in [0.2, 0.25) is 0 Å². The van der Waals surface area contributed by atoms with Crippen LogP contribution in [0, 0.1) is 5.92 Å². The third-order valence-electron chi connectivity index (χ3n) is 5.57. The fraction of sp³-hybridized carbons (Fsp3) is 0.500. The molecule has 0 amide bonds. The Kier molecular flexibility index (Phi) is 5.78. The Morgan fingerprint density at radius 3 is 2.96 bits per heavy atom. The van der Waals surface area contributed by atoms with E-state index in [9.17, 15) is 5.11 Å². The van der Waals surface area contributed by atoms with Crippen LogP contribution in [0.4, 0.5) is 17.3 Å². The lowest BCUT2D eigenvalue weighted by molar-refractivity contribution is 0.266. The van der Waals surface area contributed by atoms with E-state index in [4.69, 9.17) is 0 Å². The van der Waals surface area contributed by atoms with E-state index in [0.717, 1.165) is 55.1 Å². The van der Waals surface area contributed by atoms with E-state index < -0.39 is 0 Å². The first-order valence-electron chi connectivity index (χ1n) is 9.67. The van der Waals surface area contributed by atoms with Crippen molar-refractivity contribution in [2.45, 2.75) is 25.3 Å². The second kappa shape index (κ2) is 8.44. The minimum Gasteiger partial charge on any atom is -0.394 e. The number of nitrogens with zero attached hydrogens (tertiary/aromatic N) is 4. The van der Waals surface area contributed by atoms with Crippen LogP contribution in [-0.2, 0) is 0 Å². The molecule has 1 aromatic heterocycles. The van der Waals surface area contributed by atoms with Gasteiger partial charge in [0, 0.05) is 42.4 Å². The van der Waals surface area contributed by atoms with Crippen LogP contribution < -0.4 is 15.1 Å².